The molecule has 2 heterocycles. The van der Waals surface area contributed by atoms with E-state index < -0.39 is 23.0 Å². The van der Waals surface area contributed by atoms with E-state index in [1.54, 1.807) is 31.2 Å². The fourth-order valence-electron chi connectivity index (χ4n) is 2.35. The van der Waals surface area contributed by atoms with Crippen LogP contribution in [-0.4, -0.2) is 33.8 Å². The first-order valence-corrected chi connectivity index (χ1v) is 7.22. The Kier molecular flexibility index (Phi) is 3.97. The van der Waals surface area contributed by atoms with Crippen molar-refractivity contribution in [3.05, 3.63) is 56.2 Å². The topological polar surface area (TPSA) is 128 Å². The molecular weight excluding hydrogens is 328 g/mol. The first-order valence-electron chi connectivity index (χ1n) is 7.22. The predicted molar refractivity (Wildman–Crippen MR) is 90.9 cm³/mol. The molecule has 3 rings (SSSR count). The van der Waals surface area contributed by atoms with E-state index in [1.165, 1.54) is 18.2 Å². The zero-order valence-electron chi connectivity index (χ0n) is 13.4. The average molecular weight is 342 g/mol. The van der Waals surface area contributed by atoms with Crippen LogP contribution in [0.4, 0.5) is 5.69 Å². The van der Waals surface area contributed by atoms with Crippen LogP contribution in [0.25, 0.3) is 6.08 Å². The molecule has 0 bridgehead atoms. The number of nitrogens with zero attached hydrogens (tertiary/aromatic N) is 2. The summed E-state index contributed by atoms with van der Waals surface area (Å²) in [5.41, 5.74) is -0.860. The van der Waals surface area contributed by atoms with E-state index in [1.807, 2.05) is 4.98 Å². The lowest BCUT2D eigenvalue weighted by Crippen LogP contribution is -2.25. The number of aromatic hydroxyl groups is 1. The molecule has 0 atom stereocenters. The maximum absolute atomic E-state index is 12.6. The van der Waals surface area contributed by atoms with Crippen LogP contribution < -0.4 is 21.0 Å². The van der Waals surface area contributed by atoms with Crippen LogP contribution in [0.1, 0.15) is 12.5 Å². The molecule has 2 aromatic rings. The van der Waals surface area contributed by atoms with Gasteiger partial charge in [-0.05, 0) is 37.3 Å². The maximum Gasteiger partial charge on any atom is 0.328 e. The van der Waals surface area contributed by atoms with Gasteiger partial charge in [0.1, 0.15) is 11.3 Å². The molecule has 0 fully saturated rings. The van der Waals surface area contributed by atoms with Crippen LogP contribution in [0.5, 0.6) is 11.6 Å². The van der Waals surface area contributed by atoms with Crippen molar-refractivity contribution in [2.45, 2.75) is 6.92 Å². The van der Waals surface area contributed by atoms with E-state index in [4.69, 9.17) is 4.74 Å². The van der Waals surface area contributed by atoms with Crippen molar-refractivity contribution in [1.82, 2.24) is 9.97 Å². The minimum Gasteiger partial charge on any atom is -0.497 e. The Labute approximate surface area is 140 Å². The minimum atomic E-state index is -0.840. The second-order valence-electron chi connectivity index (χ2n) is 5.23. The van der Waals surface area contributed by atoms with Gasteiger partial charge in [0, 0.05) is 0 Å². The van der Waals surface area contributed by atoms with Gasteiger partial charge in [0.15, 0.2) is 0 Å². The largest absolute Gasteiger partial charge is 0.497 e. The number of aromatic amines is 2. The lowest BCUT2D eigenvalue weighted by Gasteiger charge is -2.12. The Morgan fingerprint density at radius 2 is 1.84 bits per heavy atom. The van der Waals surface area contributed by atoms with Gasteiger partial charge >= 0.3 is 5.69 Å². The molecule has 0 unspecified atom stereocenters. The van der Waals surface area contributed by atoms with E-state index in [-0.39, 0.29) is 11.1 Å². The lowest BCUT2D eigenvalue weighted by atomic mass is 10.1. The van der Waals surface area contributed by atoms with Crippen LogP contribution in [0, 0.1) is 0 Å². The molecule has 0 spiro atoms. The van der Waals surface area contributed by atoms with Gasteiger partial charge in [-0.2, -0.15) is 10.1 Å². The number of anilines is 1. The highest BCUT2D eigenvalue weighted by Gasteiger charge is 2.29. The van der Waals surface area contributed by atoms with Gasteiger partial charge in [0.25, 0.3) is 11.5 Å². The summed E-state index contributed by atoms with van der Waals surface area (Å²) in [5, 5.41) is 15.1. The van der Waals surface area contributed by atoms with Gasteiger partial charge in [-0.25, -0.2) is 4.79 Å². The number of benzene rings is 1. The summed E-state index contributed by atoms with van der Waals surface area (Å²) >= 11 is 0. The predicted octanol–water partition coefficient (Wildman–Crippen LogP) is 0.583. The van der Waals surface area contributed by atoms with E-state index >= 15 is 0 Å². The molecule has 1 aliphatic rings. The zero-order chi connectivity index (χ0) is 18.1. The average Bonchev–Trinajstić information content (AvgIpc) is 2.85. The van der Waals surface area contributed by atoms with Crippen molar-refractivity contribution < 1.29 is 14.6 Å². The summed E-state index contributed by atoms with van der Waals surface area (Å²) in [5.74, 6) is -0.450. The van der Waals surface area contributed by atoms with Gasteiger partial charge < -0.3 is 9.84 Å². The van der Waals surface area contributed by atoms with Crippen LogP contribution in [0.2, 0.25) is 0 Å². The summed E-state index contributed by atoms with van der Waals surface area (Å²) in [6.45, 7) is 1.60. The third-order valence-corrected chi connectivity index (χ3v) is 3.63. The molecule has 0 saturated heterocycles. The zero-order valence-corrected chi connectivity index (χ0v) is 13.4. The fourth-order valence-corrected chi connectivity index (χ4v) is 2.35. The number of carbonyl (C=O) groups is 1. The number of methoxy groups -OCH3 is 1. The van der Waals surface area contributed by atoms with E-state index in [9.17, 15) is 19.5 Å². The Bertz CT molecular complexity index is 1010. The van der Waals surface area contributed by atoms with Crippen molar-refractivity contribution in [3.8, 4) is 11.6 Å². The molecule has 0 radical (unpaired) electrons. The Morgan fingerprint density at radius 3 is 2.44 bits per heavy atom. The molecule has 0 saturated carbocycles. The Balaban J connectivity index is 2.00. The van der Waals surface area contributed by atoms with Gasteiger partial charge in [-0.1, -0.05) is 0 Å². The van der Waals surface area contributed by atoms with Gasteiger partial charge in [-0.15, -0.1) is 0 Å². The highest BCUT2D eigenvalue weighted by Crippen LogP contribution is 2.26. The molecule has 1 aromatic heterocycles. The van der Waals surface area contributed by atoms with E-state index in [0.717, 1.165) is 0 Å². The number of hydrogen-bond donors (Lipinski definition) is 3. The number of amides is 1. The molecule has 3 N–H and O–H groups in total. The summed E-state index contributed by atoms with van der Waals surface area (Å²) in [4.78, 5) is 39.6. The maximum atomic E-state index is 12.6. The number of rotatable bonds is 3. The standard InChI is InChI=1S/C16H14N4O5/c1-8-11(7-12-13(21)17-16(24)18-14(12)22)15(23)20(19-8)9-3-5-10(25-2)6-4-9/h3-7H,1-2H3,(H3,17,18,21,22,24)/b11-7-. The molecule has 0 aliphatic carbocycles. The van der Waals surface area contributed by atoms with Crippen molar-refractivity contribution >= 4 is 23.4 Å². The minimum absolute atomic E-state index is 0.128. The van der Waals surface area contributed by atoms with Crippen molar-refractivity contribution in [3.63, 3.8) is 0 Å². The quantitative estimate of drug-likeness (QED) is 0.703. The molecular formula is C16H14N4O5. The van der Waals surface area contributed by atoms with E-state index in [2.05, 4.69) is 10.1 Å². The Morgan fingerprint density at radius 1 is 1.16 bits per heavy atom. The number of hydrogen-bond acceptors (Lipinski definition) is 6. The molecule has 9 heteroatoms. The summed E-state index contributed by atoms with van der Waals surface area (Å²) in [6, 6.07) is 6.71. The monoisotopic (exact) mass is 342 g/mol. The fraction of sp³-hybridized carbons (Fsp3) is 0.125. The van der Waals surface area contributed by atoms with E-state index in [0.29, 0.717) is 17.1 Å². The smallest absolute Gasteiger partial charge is 0.328 e. The van der Waals surface area contributed by atoms with Gasteiger partial charge in [0.2, 0.25) is 5.88 Å². The number of nitrogens with one attached hydrogen (secondary N) is 2. The van der Waals surface area contributed by atoms with Crippen LogP contribution in [0.3, 0.4) is 0 Å². The lowest BCUT2D eigenvalue weighted by molar-refractivity contribution is -0.114. The molecule has 1 amide bonds. The SMILES string of the molecule is COc1ccc(N2N=C(C)/C(=C/c3c(O)[nH]c(=O)[nH]c3=O)C2=O)cc1. The molecule has 9 nitrogen and oxygen atoms in total. The second kappa shape index (κ2) is 6.11. The number of carbonyl (C=O) groups excluding carboxylic acids is 1. The first kappa shape index (κ1) is 16.2. The summed E-state index contributed by atoms with van der Waals surface area (Å²) in [6.07, 6.45) is 1.19. The molecule has 1 aliphatic heterocycles. The van der Waals surface area contributed by atoms with Crippen LogP contribution >= 0.6 is 0 Å². The number of ether oxygens (including phenoxy) is 1. The molecule has 1 aromatic carbocycles. The second-order valence-corrected chi connectivity index (χ2v) is 5.23. The molecule has 128 valence electrons. The summed E-state index contributed by atoms with van der Waals surface area (Å²) < 4.78 is 5.07. The van der Waals surface area contributed by atoms with Crippen LogP contribution in [-0.2, 0) is 4.79 Å². The highest BCUT2D eigenvalue weighted by molar-refractivity contribution is 6.32. The highest BCUT2D eigenvalue weighted by atomic mass is 16.5. The summed E-state index contributed by atoms with van der Waals surface area (Å²) in [7, 11) is 1.54. The van der Waals surface area contributed by atoms with Crippen molar-refractivity contribution in [1.29, 1.82) is 0 Å². The normalized spacial score (nSPS) is 15.6. The molecule has 25 heavy (non-hydrogen) atoms. The third kappa shape index (κ3) is 2.94. The Hall–Kier alpha value is -3.62. The van der Waals surface area contributed by atoms with Gasteiger partial charge in [0.05, 0.1) is 24.1 Å². The van der Waals surface area contributed by atoms with Gasteiger partial charge in [-0.3, -0.25) is 19.6 Å². The number of aromatic nitrogens is 2. The number of H-pyrrole nitrogens is 2. The number of hydrazone groups is 1. The first-order chi connectivity index (χ1) is 11.9. The van der Waals surface area contributed by atoms with Crippen molar-refractivity contribution in [2.75, 3.05) is 12.1 Å². The van der Waals surface area contributed by atoms with Crippen LogP contribution in [0.15, 0.2) is 44.5 Å². The van der Waals surface area contributed by atoms with Crippen molar-refractivity contribution in [2.24, 2.45) is 5.10 Å². The third-order valence-electron chi connectivity index (χ3n) is 3.63.